The molecular formula is C16H19ClN2O. The highest BCUT2D eigenvalue weighted by molar-refractivity contribution is 6.30. The number of nitrogens with two attached hydrogens (primary N) is 1. The number of hydrogen-bond donors (Lipinski definition) is 1. The van der Waals surface area contributed by atoms with Crippen molar-refractivity contribution in [1.29, 1.82) is 0 Å². The van der Waals surface area contributed by atoms with Gasteiger partial charge in [-0.2, -0.15) is 0 Å². The third-order valence-corrected chi connectivity index (χ3v) is 3.30. The Kier molecular flexibility index (Phi) is 4.63. The first-order chi connectivity index (χ1) is 9.49. The van der Waals surface area contributed by atoms with Crippen LogP contribution in [0.1, 0.15) is 36.6 Å². The van der Waals surface area contributed by atoms with Gasteiger partial charge in [-0.25, -0.2) is 4.98 Å². The van der Waals surface area contributed by atoms with Crippen LogP contribution in [-0.2, 0) is 6.54 Å². The van der Waals surface area contributed by atoms with E-state index in [4.69, 9.17) is 22.1 Å². The predicted molar refractivity (Wildman–Crippen MR) is 82.5 cm³/mol. The maximum absolute atomic E-state index is 5.95. The molecule has 2 aromatic rings. The summed E-state index contributed by atoms with van der Waals surface area (Å²) in [5, 5.41) is 0.696. The van der Waals surface area contributed by atoms with E-state index in [9.17, 15) is 0 Å². The largest absolute Gasteiger partial charge is 0.439 e. The molecular weight excluding hydrogens is 272 g/mol. The third kappa shape index (κ3) is 3.50. The lowest BCUT2D eigenvalue weighted by atomic mass is 10.1. The Morgan fingerprint density at radius 1 is 1.25 bits per heavy atom. The number of rotatable bonds is 4. The van der Waals surface area contributed by atoms with Crippen LogP contribution in [0.2, 0.25) is 5.02 Å². The summed E-state index contributed by atoms with van der Waals surface area (Å²) >= 11 is 5.95. The standard InChI is InChI=1S/C16H19ClN2O/c1-10(2)14-7-12(9-18)8-16(19-14)20-15-5-4-13(17)6-11(15)3/h4-8,10H,9,18H2,1-3H3. The highest BCUT2D eigenvalue weighted by atomic mass is 35.5. The molecule has 2 N–H and O–H groups in total. The molecule has 20 heavy (non-hydrogen) atoms. The lowest BCUT2D eigenvalue weighted by Gasteiger charge is -2.12. The van der Waals surface area contributed by atoms with Crippen molar-refractivity contribution in [3.05, 3.63) is 52.2 Å². The minimum atomic E-state index is 0.329. The monoisotopic (exact) mass is 290 g/mol. The number of pyridine rings is 1. The van der Waals surface area contributed by atoms with Crippen molar-refractivity contribution in [2.75, 3.05) is 0 Å². The molecule has 0 atom stereocenters. The Morgan fingerprint density at radius 3 is 2.60 bits per heavy atom. The first kappa shape index (κ1) is 14.8. The van der Waals surface area contributed by atoms with Crippen LogP contribution in [0.25, 0.3) is 0 Å². The SMILES string of the molecule is Cc1cc(Cl)ccc1Oc1cc(CN)cc(C(C)C)n1. The smallest absolute Gasteiger partial charge is 0.219 e. The van der Waals surface area contributed by atoms with E-state index in [-0.39, 0.29) is 0 Å². The van der Waals surface area contributed by atoms with Gasteiger partial charge in [0, 0.05) is 23.3 Å². The van der Waals surface area contributed by atoms with Crippen LogP contribution in [0, 0.1) is 6.92 Å². The summed E-state index contributed by atoms with van der Waals surface area (Å²) in [5.41, 5.74) is 8.71. The average Bonchev–Trinajstić information content (AvgIpc) is 2.41. The molecule has 0 saturated carbocycles. The second-order valence-corrected chi connectivity index (χ2v) is 5.55. The Morgan fingerprint density at radius 2 is 2.00 bits per heavy atom. The van der Waals surface area contributed by atoms with Gasteiger partial charge in [-0.1, -0.05) is 25.4 Å². The van der Waals surface area contributed by atoms with E-state index in [0.29, 0.717) is 23.4 Å². The Labute approximate surface area is 124 Å². The van der Waals surface area contributed by atoms with Crippen LogP contribution in [-0.4, -0.2) is 4.98 Å². The van der Waals surface area contributed by atoms with Crippen molar-refractivity contribution >= 4 is 11.6 Å². The first-order valence-electron chi connectivity index (χ1n) is 6.64. The number of hydrogen-bond acceptors (Lipinski definition) is 3. The van der Waals surface area contributed by atoms with Gasteiger partial charge in [0.25, 0.3) is 0 Å². The van der Waals surface area contributed by atoms with Gasteiger partial charge in [-0.15, -0.1) is 0 Å². The molecule has 1 aromatic carbocycles. The molecule has 0 aliphatic rings. The van der Waals surface area contributed by atoms with Gasteiger partial charge in [0.15, 0.2) is 0 Å². The number of nitrogens with zero attached hydrogens (tertiary/aromatic N) is 1. The first-order valence-corrected chi connectivity index (χ1v) is 7.02. The van der Waals surface area contributed by atoms with Crippen LogP contribution in [0.5, 0.6) is 11.6 Å². The second-order valence-electron chi connectivity index (χ2n) is 5.11. The molecule has 3 nitrogen and oxygen atoms in total. The fourth-order valence-electron chi connectivity index (χ4n) is 1.89. The lowest BCUT2D eigenvalue weighted by molar-refractivity contribution is 0.455. The maximum atomic E-state index is 5.95. The van der Waals surface area contributed by atoms with Crippen molar-refractivity contribution < 1.29 is 4.74 Å². The molecule has 1 heterocycles. The van der Waals surface area contributed by atoms with E-state index in [1.165, 1.54) is 0 Å². The summed E-state index contributed by atoms with van der Waals surface area (Å²) < 4.78 is 5.87. The van der Waals surface area contributed by atoms with Gasteiger partial charge in [0.1, 0.15) is 5.75 Å². The van der Waals surface area contributed by atoms with E-state index in [0.717, 1.165) is 22.6 Å². The average molecular weight is 291 g/mol. The minimum absolute atomic E-state index is 0.329. The number of benzene rings is 1. The fourth-order valence-corrected chi connectivity index (χ4v) is 2.11. The Bertz CT molecular complexity index is 611. The Balaban J connectivity index is 2.34. The topological polar surface area (TPSA) is 48.1 Å². The van der Waals surface area contributed by atoms with E-state index >= 15 is 0 Å². The van der Waals surface area contributed by atoms with Gasteiger partial charge >= 0.3 is 0 Å². The zero-order valence-corrected chi connectivity index (χ0v) is 12.7. The number of aryl methyl sites for hydroxylation is 1. The molecule has 0 bridgehead atoms. The number of halogens is 1. The van der Waals surface area contributed by atoms with E-state index < -0.39 is 0 Å². The van der Waals surface area contributed by atoms with Crippen molar-refractivity contribution in [1.82, 2.24) is 4.98 Å². The summed E-state index contributed by atoms with van der Waals surface area (Å²) in [7, 11) is 0. The van der Waals surface area contributed by atoms with Gasteiger partial charge in [-0.05, 0) is 48.2 Å². The van der Waals surface area contributed by atoms with Crippen molar-refractivity contribution in [2.24, 2.45) is 5.73 Å². The highest BCUT2D eigenvalue weighted by Crippen LogP contribution is 2.28. The predicted octanol–water partition coefficient (Wildman–Crippen LogP) is 4.42. The second kappa shape index (κ2) is 6.25. The molecule has 0 aliphatic heterocycles. The van der Waals surface area contributed by atoms with E-state index in [1.807, 2.05) is 31.2 Å². The molecule has 1 aromatic heterocycles. The minimum Gasteiger partial charge on any atom is -0.439 e. The van der Waals surface area contributed by atoms with E-state index in [2.05, 4.69) is 18.8 Å². The molecule has 0 radical (unpaired) electrons. The van der Waals surface area contributed by atoms with Crippen molar-refractivity contribution in [2.45, 2.75) is 33.2 Å². The summed E-state index contributed by atoms with van der Waals surface area (Å²) in [5.74, 6) is 1.66. The molecule has 0 saturated heterocycles. The van der Waals surface area contributed by atoms with Crippen molar-refractivity contribution in [3.8, 4) is 11.6 Å². The zero-order valence-electron chi connectivity index (χ0n) is 12.0. The normalized spacial score (nSPS) is 10.9. The summed E-state index contributed by atoms with van der Waals surface area (Å²) in [4.78, 5) is 4.53. The summed E-state index contributed by atoms with van der Waals surface area (Å²) in [6, 6.07) is 9.42. The van der Waals surface area contributed by atoms with Gasteiger partial charge in [-0.3, -0.25) is 0 Å². The third-order valence-electron chi connectivity index (χ3n) is 3.06. The van der Waals surface area contributed by atoms with E-state index in [1.54, 1.807) is 6.07 Å². The van der Waals surface area contributed by atoms with Crippen LogP contribution < -0.4 is 10.5 Å². The molecule has 4 heteroatoms. The molecule has 0 fully saturated rings. The number of ether oxygens (including phenoxy) is 1. The molecule has 0 amide bonds. The lowest BCUT2D eigenvalue weighted by Crippen LogP contribution is -2.02. The molecule has 0 spiro atoms. The van der Waals surface area contributed by atoms with Crippen LogP contribution in [0.4, 0.5) is 0 Å². The van der Waals surface area contributed by atoms with Crippen molar-refractivity contribution in [3.63, 3.8) is 0 Å². The fraction of sp³-hybridized carbons (Fsp3) is 0.312. The molecule has 0 aliphatic carbocycles. The Hall–Kier alpha value is -1.58. The number of aromatic nitrogens is 1. The summed E-state index contributed by atoms with van der Waals surface area (Å²) in [6.07, 6.45) is 0. The van der Waals surface area contributed by atoms with Gasteiger partial charge in [0.05, 0.1) is 0 Å². The molecule has 2 rings (SSSR count). The summed E-state index contributed by atoms with van der Waals surface area (Å²) in [6.45, 7) is 6.62. The molecule has 0 unspecified atom stereocenters. The molecule has 106 valence electrons. The van der Waals surface area contributed by atoms with Crippen LogP contribution in [0.15, 0.2) is 30.3 Å². The van der Waals surface area contributed by atoms with Gasteiger partial charge < -0.3 is 10.5 Å². The van der Waals surface area contributed by atoms with Crippen LogP contribution >= 0.6 is 11.6 Å². The highest BCUT2D eigenvalue weighted by Gasteiger charge is 2.09. The van der Waals surface area contributed by atoms with Crippen LogP contribution in [0.3, 0.4) is 0 Å². The van der Waals surface area contributed by atoms with Gasteiger partial charge in [0.2, 0.25) is 5.88 Å². The maximum Gasteiger partial charge on any atom is 0.219 e. The zero-order chi connectivity index (χ0) is 14.7. The quantitative estimate of drug-likeness (QED) is 0.907.